The maximum Gasteiger partial charge on any atom is 0.411 e. The second-order valence-corrected chi connectivity index (χ2v) is 8.90. The van der Waals surface area contributed by atoms with E-state index >= 15 is 0 Å². The van der Waals surface area contributed by atoms with E-state index in [2.05, 4.69) is 17.1 Å². The molecule has 32 heavy (non-hydrogen) atoms. The van der Waals surface area contributed by atoms with Crippen molar-refractivity contribution in [3.8, 4) is 5.75 Å². The Morgan fingerprint density at radius 3 is 2.69 bits per heavy atom. The van der Waals surface area contributed by atoms with Crippen LogP contribution in [0.15, 0.2) is 48.7 Å². The number of rotatable bonds is 4. The van der Waals surface area contributed by atoms with Crippen LogP contribution in [0.25, 0.3) is 10.9 Å². The molecule has 0 fully saturated rings. The van der Waals surface area contributed by atoms with Gasteiger partial charge in [-0.25, -0.2) is 9.59 Å². The molecule has 1 aromatic heterocycles. The van der Waals surface area contributed by atoms with Gasteiger partial charge in [-0.1, -0.05) is 18.2 Å². The Kier molecular flexibility index (Phi) is 5.82. The molecule has 0 spiro atoms. The lowest BCUT2D eigenvalue weighted by atomic mass is 9.92. The number of nitrogens with one attached hydrogen (secondary N) is 1. The SMILES string of the molecule is COC(=O)[C@H]1c2ccc(OCc3ccc4cc[nH]c4c3)cc2CCN1C(=O)OC(C)(C)C. The number of carbonyl (C=O) groups is 2. The lowest BCUT2D eigenvalue weighted by Gasteiger charge is -2.36. The van der Waals surface area contributed by atoms with Crippen LogP contribution in [0.3, 0.4) is 0 Å². The number of methoxy groups -OCH3 is 1. The molecule has 168 valence electrons. The van der Waals surface area contributed by atoms with E-state index in [1.165, 1.54) is 12.0 Å². The Labute approximate surface area is 187 Å². The standard InChI is InChI=1S/C25H28N2O5/c1-25(2,3)32-24(29)27-12-10-18-14-19(7-8-20(18)22(27)23(28)30-4)31-15-16-5-6-17-9-11-26-21(17)13-16/h5-9,11,13-14,22,26H,10,12,15H2,1-4H3/t22-/m1/s1. The first kappa shape index (κ1) is 21.7. The number of esters is 1. The molecule has 0 aliphatic carbocycles. The fraction of sp³-hybridized carbons (Fsp3) is 0.360. The molecule has 7 nitrogen and oxygen atoms in total. The van der Waals surface area contributed by atoms with Crippen LogP contribution in [0.4, 0.5) is 4.79 Å². The van der Waals surface area contributed by atoms with Gasteiger partial charge >= 0.3 is 12.1 Å². The highest BCUT2D eigenvalue weighted by Crippen LogP contribution is 2.34. The van der Waals surface area contributed by atoms with Gasteiger partial charge in [0.25, 0.3) is 0 Å². The van der Waals surface area contributed by atoms with Crippen LogP contribution in [-0.2, 0) is 27.3 Å². The maximum atomic E-state index is 12.7. The molecule has 2 heterocycles. The quantitative estimate of drug-likeness (QED) is 0.597. The van der Waals surface area contributed by atoms with E-state index in [0.717, 1.165) is 27.6 Å². The summed E-state index contributed by atoms with van der Waals surface area (Å²) >= 11 is 0. The number of aromatic nitrogens is 1. The summed E-state index contributed by atoms with van der Waals surface area (Å²) in [5.74, 6) is 0.217. The minimum absolute atomic E-state index is 0.356. The van der Waals surface area contributed by atoms with E-state index in [1.807, 2.05) is 36.5 Å². The van der Waals surface area contributed by atoms with Crippen molar-refractivity contribution in [2.24, 2.45) is 0 Å². The predicted octanol–water partition coefficient (Wildman–Crippen LogP) is 4.75. The van der Waals surface area contributed by atoms with Gasteiger partial charge in [0.05, 0.1) is 7.11 Å². The zero-order chi connectivity index (χ0) is 22.9. The summed E-state index contributed by atoms with van der Waals surface area (Å²) in [5.41, 5.74) is 3.16. The molecule has 1 aliphatic heterocycles. The van der Waals surface area contributed by atoms with Crippen molar-refractivity contribution in [1.82, 2.24) is 9.88 Å². The molecule has 3 aromatic rings. The third-order valence-corrected chi connectivity index (χ3v) is 5.42. The van der Waals surface area contributed by atoms with Gasteiger partial charge in [-0.15, -0.1) is 0 Å². The van der Waals surface area contributed by atoms with Crippen LogP contribution in [0.5, 0.6) is 5.75 Å². The van der Waals surface area contributed by atoms with Crippen LogP contribution in [-0.4, -0.2) is 41.2 Å². The van der Waals surface area contributed by atoms with E-state index in [9.17, 15) is 9.59 Å². The van der Waals surface area contributed by atoms with Crippen LogP contribution < -0.4 is 4.74 Å². The summed E-state index contributed by atoms with van der Waals surface area (Å²) in [7, 11) is 1.32. The molecule has 7 heteroatoms. The van der Waals surface area contributed by atoms with Crippen LogP contribution in [0.2, 0.25) is 0 Å². The van der Waals surface area contributed by atoms with E-state index in [4.69, 9.17) is 14.2 Å². The van der Waals surface area contributed by atoms with Crippen molar-refractivity contribution in [2.45, 2.75) is 45.4 Å². The number of ether oxygens (including phenoxy) is 3. The highest BCUT2D eigenvalue weighted by Gasteiger charge is 2.39. The van der Waals surface area contributed by atoms with E-state index in [0.29, 0.717) is 25.3 Å². The maximum absolute atomic E-state index is 12.7. The highest BCUT2D eigenvalue weighted by molar-refractivity contribution is 5.84. The van der Waals surface area contributed by atoms with Gasteiger partial charge in [0.2, 0.25) is 0 Å². The Morgan fingerprint density at radius 1 is 1.12 bits per heavy atom. The predicted molar refractivity (Wildman–Crippen MR) is 120 cm³/mol. The molecule has 1 N–H and O–H groups in total. The number of H-pyrrole nitrogens is 1. The molecular weight excluding hydrogens is 408 g/mol. The van der Waals surface area contributed by atoms with E-state index in [1.54, 1.807) is 20.8 Å². The Morgan fingerprint density at radius 2 is 1.94 bits per heavy atom. The number of hydrogen-bond donors (Lipinski definition) is 1. The summed E-state index contributed by atoms with van der Waals surface area (Å²) in [5, 5.41) is 1.16. The molecule has 0 unspecified atom stereocenters. The Hall–Kier alpha value is -3.48. The van der Waals surface area contributed by atoms with E-state index in [-0.39, 0.29) is 0 Å². The fourth-order valence-electron chi connectivity index (χ4n) is 3.93. The van der Waals surface area contributed by atoms with Crippen LogP contribution in [0, 0.1) is 0 Å². The number of amides is 1. The van der Waals surface area contributed by atoms with Crippen LogP contribution >= 0.6 is 0 Å². The molecule has 0 bridgehead atoms. The first-order valence-corrected chi connectivity index (χ1v) is 10.6. The van der Waals surface area contributed by atoms with Gasteiger partial charge in [-0.2, -0.15) is 0 Å². The normalized spacial score (nSPS) is 15.9. The fourth-order valence-corrected chi connectivity index (χ4v) is 3.93. The van der Waals surface area contributed by atoms with Crippen molar-refractivity contribution < 1.29 is 23.8 Å². The molecule has 2 aromatic carbocycles. The molecule has 0 saturated heterocycles. The largest absolute Gasteiger partial charge is 0.489 e. The molecule has 1 amide bonds. The third-order valence-electron chi connectivity index (χ3n) is 5.42. The lowest BCUT2D eigenvalue weighted by molar-refractivity contribution is -0.147. The minimum atomic E-state index is -0.845. The zero-order valence-corrected chi connectivity index (χ0v) is 18.8. The number of carbonyl (C=O) groups excluding carboxylic acids is 2. The summed E-state index contributed by atoms with van der Waals surface area (Å²) in [6.07, 6.45) is 1.98. The monoisotopic (exact) mass is 436 g/mol. The van der Waals surface area contributed by atoms with Crippen molar-refractivity contribution in [2.75, 3.05) is 13.7 Å². The molecule has 1 atom stereocenters. The Bertz CT molecular complexity index is 1140. The van der Waals surface area contributed by atoms with Gasteiger partial charge < -0.3 is 19.2 Å². The smallest absolute Gasteiger partial charge is 0.411 e. The van der Waals surface area contributed by atoms with Crippen LogP contribution in [0.1, 0.15) is 43.5 Å². The van der Waals surface area contributed by atoms with Gasteiger partial charge in [-0.05, 0) is 73.5 Å². The first-order valence-electron chi connectivity index (χ1n) is 10.6. The van der Waals surface area contributed by atoms with Crippen molar-refractivity contribution in [3.63, 3.8) is 0 Å². The summed E-state index contributed by atoms with van der Waals surface area (Å²) in [6.45, 7) is 6.18. The molecule has 1 aliphatic rings. The third kappa shape index (κ3) is 4.56. The molecule has 0 radical (unpaired) electrons. The van der Waals surface area contributed by atoms with Gasteiger partial charge in [0.1, 0.15) is 18.0 Å². The van der Waals surface area contributed by atoms with Gasteiger partial charge in [0.15, 0.2) is 6.04 Å². The topological polar surface area (TPSA) is 80.9 Å². The van der Waals surface area contributed by atoms with Gasteiger partial charge in [-0.3, -0.25) is 4.90 Å². The summed E-state index contributed by atoms with van der Waals surface area (Å²) < 4.78 is 16.5. The second kappa shape index (κ2) is 8.57. The number of aromatic amines is 1. The van der Waals surface area contributed by atoms with Crippen molar-refractivity contribution >= 4 is 23.0 Å². The Balaban J connectivity index is 1.53. The molecule has 0 saturated carbocycles. The number of hydrogen-bond acceptors (Lipinski definition) is 5. The van der Waals surface area contributed by atoms with Crippen molar-refractivity contribution in [3.05, 3.63) is 65.4 Å². The number of benzene rings is 2. The lowest BCUT2D eigenvalue weighted by Crippen LogP contribution is -2.46. The average Bonchev–Trinajstić information content (AvgIpc) is 3.22. The van der Waals surface area contributed by atoms with Crippen molar-refractivity contribution in [1.29, 1.82) is 0 Å². The second-order valence-electron chi connectivity index (χ2n) is 8.90. The van der Waals surface area contributed by atoms with E-state index < -0.39 is 23.7 Å². The number of fused-ring (bicyclic) bond motifs is 2. The summed E-state index contributed by atoms with van der Waals surface area (Å²) in [4.78, 5) is 29.9. The number of nitrogens with zero attached hydrogens (tertiary/aromatic N) is 1. The highest BCUT2D eigenvalue weighted by atomic mass is 16.6. The first-order chi connectivity index (χ1) is 15.2. The molecule has 4 rings (SSSR count). The summed E-state index contributed by atoms with van der Waals surface area (Å²) in [6, 6.07) is 12.9. The zero-order valence-electron chi connectivity index (χ0n) is 18.8. The minimum Gasteiger partial charge on any atom is -0.489 e. The average molecular weight is 437 g/mol. The molecular formula is C25H28N2O5. The van der Waals surface area contributed by atoms with Gasteiger partial charge in [0, 0.05) is 18.3 Å².